The van der Waals surface area contributed by atoms with Gasteiger partial charge >= 0.3 is 6.18 Å². The fourth-order valence-electron chi connectivity index (χ4n) is 1.14. The number of allylic oxidation sites excluding steroid dienone is 1. The lowest BCUT2D eigenvalue weighted by atomic mass is 10.1. The maximum atomic E-state index is 12.3. The number of alkyl halides is 3. The summed E-state index contributed by atoms with van der Waals surface area (Å²) in [5.41, 5.74) is -0.623. The maximum Gasteiger partial charge on any atom is 0.416 e. The van der Waals surface area contributed by atoms with Crippen LogP contribution in [0.2, 0.25) is 0 Å². The highest BCUT2D eigenvalue weighted by Gasteiger charge is 2.29. The molecule has 0 aliphatic carbocycles. The molecule has 0 bridgehead atoms. The fraction of sp³-hybridized carbons (Fsp3) is 0.182. The second-order valence-corrected chi connectivity index (χ2v) is 5.50. The Balaban J connectivity index is 3.16. The molecule has 0 heterocycles. The molecule has 0 fully saturated rings. The van der Waals surface area contributed by atoms with E-state index >= 15 is 0 Å². The van der Waals surface area contributed by atoms with Crippen molar-refractivity contribution < 1.29 is 21.6 Å². The first-order chi connectivity index (χ1) is 8.14. The number of nitriles is 1. The van der Waals surface area contributed by atoms with E-state index in [0.29, 0.717) is 0 Å². The largest absolute Gasteiger partial charge is 0.416 e. The van der Waals surface area contributed by atoms with Gasteiger partial charge in [-0.3, -0.25) is 0 Å². The Kier molecular flexibility index (Phi) is 3.82. The van der Waals surface area contributed by atoms with Gasteiger partial charge in [0.15, 0.2) is 9.84 Å². The minimum absolute atomic E-state index is 0.213. The SMILES string of the molecule is CS(=O)(=O)/C(C#N)=C/c1ccc(C(F)(F)F)cc1. The molecule has 18 heavy (non-hydrogen) atoms. The molecule has 1 aromatic rings. The molecule has 0 spiro atoms. The number of nitrogens with zero attached hydrogens (tertiary/aromatic N) is 1. The number of hydrogen-bond acceptors (Lipinski definition) is 3. The van der Waals surface area contributed by atoms with Crippen molar-refractivity contribution in [2.45, 2.75) is 6.18 Å². The molecular weight excluding hydrogens is 267 g/mol. The molecule has 1 rings (SSSR count). The molecule has 0 aromatic heterocycles. The zero-order valence-corrected chi connectivity index (χ0v) is 10.0. The van der Waals surface area contributed by atoms with Crippen LogP contribution >= 0.6 is 0 Å². The zero-order chi connectivity index (χ0) is 14.0. The zero-order valence-electron chi connectivity index (χ0n) is 9.19. The normalized spacial score (nSPS) is 13.2. The lowest BCUT2D eigenvalue weighted by Crippen LogP contribution is -2.04. The minimum atomic E-state index is -4.45. The van der Waals surface area contributed by atoms with Crippen molar-refractivity contribution >= 4 is 15.9 Å². The Morgan fingerprint density at radius 2 is 1.78 bits per heavy atom. The predicted octanol–water partition coefficient (Wildman–Crippen LogP) is 2.61. The lowest BCUT2D eigenvalue weighted by molar-refractivity contribution is -0.137. The van der Waals surface area contributed by atoms with Gasteiger partial charge in [0.25, 0.3) is 0 Å². The van der Waals surface area contributed by atoms with Gasteiger partial charge in [0.05, 0.1) is 5.56 Å². The quantitative estimate of drug-likeness (QED) is 0.779. The molecule has 0 atom stereocenters. The van der Waals surface area contributed by atoms with Crippen LogP contribution < -0.4 is 0 Å². The van der Waals surface area contributed by atoms with Crippen LogP contribution in [0.4, 0.5) is 13.2 Å². The van der Waals surface area contributed by atoms with Gasteiger partial charge in [-0.2, -0.15) is 18.4 Å². The standard InChI is InChI=1S/C11H8F3NO2S/c1-18(16,17)10(7-15)6-8-2-4-9(5-3-8)11(12,13)14/h2-6H,1H3/b10-6+. The molecule has 0 aliphatic rings. The molecule has 3 nitrogen and oxygen atoms in total. The lowest BCUT2D eigenvalue weighted by Gasteiger charge is -2.06. The van der Waals surface area contributed by atoms with Crippen LogP contribution in [-0.2, 0) is 16.0 Å². The topological polar surface area (TPSA) is 57.9 Å². The molecule has 7 heteroatoms. The molecule has 0 aliphatic heterocycles. The van der Waals surface area contributed by atoms with Crippen LogP contribution in [-0.4, -0.2) is 14.7 Å². The monoisotopic (exact) mass is 275 g/mol. The van der Waals surface area contributed by atoms with E-state index in [2.05, 4.69) is 0 Å². The summed E-state index contributed by atoms with van der Waals surface area (Å²) >= 11 is 0. The maximum absolute atomic E-state index is 12.3. The van der Waals surface area contributed by atoms with E-state index in [0.717, 1.165) is 36.6 Å². The molecule has 96 valence electrons. The van der Waals surface area contributed by atoms with Gasteiger partial charge < -0.3 is 0 Å². The van der Waals surface area contributed by atoms with Crippen molar-refractivity contribution in [2.75, 3.05) is 6.26 Å². The highest BCUT2D eigenvalue weighted by Crippen LogP contribution is 2.29. The summed E-state index contributed by atoms with van der Waals surface area (Å²) in [5, 5.41) is 8.63. The summed E-state index contributed by atoms with van der Waals surface area (Å²) in [7, 11) is -3.67. The van der Waals surface area contributed by atoms with Crippen LogP contribution in [0.25, 0.3) is 6.08 Å². The van der Waals surface area contributed by atoms with E-state index in [-0.39, 0.29) is 5.56 Å². The molecular formula is C11H8F3NO2S. The van der Waals surface area contributed by atoms with Crippen molar-refractivity contribution in [3.8, 4) is 6.07 Å². The first-order valence-electron chi connectivity index (χ1n) is 4.63. The Hall–Kier alpha value is -1.81. The minimum Gasteiger partial charge on any atom is -0.223 e. The van der Waals surface area contributed by atoms with Crippen molar-refractivity contribution in [2.24, 2.45) is 0 Å². The number of halogens is 3. The van der Waals surface area contributed by atoms with Crippen molar-refractivity contribution in [1.29, 1.82) is 5.26 Å². The Labute approximate surface area is 102 Å². The predicted molar refractivity (Wildman–Crippen MR) is 59.9 cm³/mol. The molecule has 0 N–H and O–H groups in total. The van der Waals surface area contributed by atoms with Gasteiger partial charge in [0.1, 0.15) is 11.0 Å². The van der Waals surface area contributed by atoms with Crippen LogP contribution in [0.3, 0.4) is 0 Å². The highest BCUT2D eigenvalue weighted by atomic mass is 32.2. The van der Waals surface area contributed by atoms with Gasteiger partial charge in [0, 0.05) is 6.26 Å². The van der Waals surface area contributed by atoms with Crippen LogP contribution in [0.1, 0.15) is 11.1 Å². The highest BCUT2D eigenvalue weighted by molar-refractivity contribution is 7.95. The van der Waals surface area contributed by atoms with E-state index in [1.807, 2.05) is 0 Å². The number of rotatable bonds is 2. The summed E-state index contributed by atoms with van der Waals surface area (Å²) in [5.74, 6) is 0. The van der Waals surface area contributed by atoms with E-state index in [9.17, 15) is 21.6 Å². The van der Waals surface area contributed by atoms with E-state index < -0.39 is 26.5 Å². The van der Waals surface area contributed by atoms with Gasteiger partial charge in [-0.1, -0.05) is 12.1 Å². The third-order valence-corrected chi connectivity index (χ3v) is 3.05. The third-order valence-electron chi connectivity index (χ3n) is 2.05. The number of sulfone groups is 1. The average Bonchev–Trinajstić information content (AvgIpc) is 2.23. The van der Waals surface area contributed by atoms with Crippen molar-refractivity contribution in [1.82, 2.24) is 0 Å². The fourth-order valence-corrected chi connectivity index (χ4v) is 1.66. The van der Waals surface area contributed by atoms with Gasteiger partial charge in [-0.05, 0) is 23.8 Å². The van der Waals surface area contributed by atoms with Crippen LogP contribution in [0.15, 0.2) is 29.2 Å². The smallest absolute Gasteiger partial charge is 0.223 e. The van der Waals surface area contributed by atoms with E-state index in [1.54, 1.807) is 0 Å². The number of hydrogen-bond donors (Lipinski definition) is 0. The summed E-state index contributed by atoms with van der Waals surface area (Å²) in [4.78, 5) is -0.498. The molecule has 0 radical (unpaired) electrons. The van der Waals surface area contributed by atoms with Crippen LogP contribution in [0, 0.1) is 11.3 Å². The van der Waals surface area contributed by atoms with Gasteiger partial charge in [-0.25, -0.2) is 8.42 Å². The molecule has 0 unspecified atom stereocenters. The van der Waals surface area contributed by atoms with Crippen molar-refractivity contribution in [3.05, 3.63) is 40.3 Å². The molecule has 0 saturated heterocycles. The summed E-state index contributed by atoms with van der Waals surface area (Å²) < 4.78 is 59.1. The second kappa shape index (κ2) is 4.82. The number of benzene rings is 1. The van der Waals surface area contributed by atoms with Gasteiger partial charge in [0.2, 0.25) is 0 Å². The summed E-state index contributed by atoms with van der Waals surface area (Å²) in [6.07, 6.45) is -2.57. The first kappa shape index (κ1) is 14.3. The molecule has 1 aromatic carbocycles. The Morgan fingerprint density at radius 3 is 2.11 bits per heavy atom. The summed E-state index contributed by atoms with van der Waals surface area (Å²) in [6.45, 7) is 0. The van der Waals surface area contributed by atoms with E-state index in [4.69, 9.17) is 5.26 Å². The molecule has 0 amide bonds. The first-order valence-corrected chi connectivity index (χ1v) is 6.53. The summed E-state index contributed by atoms with van der Waals surface area (Å²) in [6, 6.07) is 5.34. The third kappa shape index (κ3) is 3.60. The van der Waals surface area contributed by atoms with Gasteiger partial charge in [-0.15, -0.1) is 0 Å². The second-order valence-electron chi connectivity index (χ2n) is 3.51. The Bertz CT molecular complexity index is 607. The van der Waals surface area contributed by atoms with Crippen LogP contribution in [0.5, 0.6) is 0 Å². The molecule has 0 saturated carbocycles. The van der Waals surface area contributed by atoms with Crippen molar-refractivity contribution in [3.63, 3.8) is 0 Å². The Morgan fingerprint density at radius 1 is 1.28 bits per heavy atom. The van der Waals surface area contributed by atoms with E-state index in [1.165, 1.54) is 6.07 Å². The average molecular weight is 275 g/mol.